The highest BCUT2D eigenvalue weighted by atomic mass is 16.5. The molecule has 0 bridgehead atoms. The fraction of sp³-hybridized carbons (Fsp3) is 0.455. The standard InChI is InChI=1S/C11H16NO3/c1-15-11-4-2-10(3-5-11)12(6-8-13)7-9-14/h2,4-5,13-14H,6-9H2,1H3. The summed E-state index contributed by atoms with van der Waals surface area (Å²) in [6.07, 6.45) is 0. The van der Waals surface area contributed by atoms with E-state index in [4.69, 9.17) is 14.9 Å². The van der Waals surface area contributed by atoms with Crippen LogP contribution >= 0.6 is 0 Å². The van der Waals surface area contributed by atoms with E-state index in [1.807, 2.05) is 17.0 Å². The zero-order valence-corrected chi connectivity index (χ0v) is 8.81. The highest BCUT2D eigenvalue weighted by Gasteiger charge is 2.05. The van der Waals surface area contributed by atoms with Gasteiger partial charge < -0.3 is 19.8 Å². The molecule has 0 spiro atoms. The smallest absolute Gasteiger partial charge is 0.119 e. The molecule has 0 atom stereocenters. The minimum absolute atomic E-state index is 0.0554. The lowest BCUT2D eigenvalue weighted by Gasteiger charge is -2.22. The largest absolute Gasteiger partial charge is 0.497 e. The van der Waals surface area contributed by atoms with Crippen molar-refractivity contribution in [1.82, 2.24) is 0 Å². The monoisotopic (exact) mass is 210 g/mol. The zero-order chi connectivity index (χ0) is 11.1. The normalized spacial score (nSPS) is 10.1. The molecule has 0 saturated carbocycles. The number of hydrogen-bond acceptors (Lipinski definition) is 4. The molecule has 0 amide bonds. The van der Waals surface area contributed by atoms with E-state index in [1.165, 1.54) is 0 Å². The fourth-order valence-corrected chi connectivity index (χ4v) is 1.32. The van der Waals surface area contributed by atoms with E-state index in [0.717, 1.165) is 11.4 Å². The minimum Gasteiger partial charge on any atom is -0.497 e. The number of anilines is 1. The summed E-state index contributed by atoms with van der Waals surface area (Å²) in [6.45, 7) is 1.09. The molecule has 4 heteroatoms. The molecular weight excluding hydrogens is 194 g/mol. The van der Waals surface area contributed by atoms with Crippen molar-refractivity contribution in [3.8, 4) is 5.75 Å². The van der Waals surface area contributed by atoms with Gasteiger partial charge in [0.25, 0.3) is 0 Å². The summed E-state index contributed by atoms with van der Waals surface area (Å²) in [5.41, 5.74) is 0.846. The van der Waals surface area contributed by atoms with Gasteiger partial charge in [0.15, 0.2) is 0 Å². The molecule has 1 radical (unpaired) electrons. The van der Waals surface area contributed by atoms with Crippen LogP contribution in [0.25, 0.3) is 0 Å². The molecule has 0 aliphatic rings. The predicted octanol–water partition coefficient (Wildman–Crippen LogP) is 0.286. The van der Waals surface area contributed by atoms with Gasteiger partial charge in [-0.25, -0.2) is 0 Å². The van der Waals surface area contributed by atoms with Crippen LogP contribution in [0.2, 0.25) is 0 Å². The molecular formula is C11H16NO3. The summed E-state index contributed by atoms with van der Waals surface area (Å²) >= 11 is 0. The third-order valence-electron chi connectivity index (χ3n) is 2.08. The van der Waals surface area contributed by atoms with Gasteiger partial charge >= 0.3 is 0 Å². The Morgan fingerprint density at radius 1 is 1.27 bits per heavy atom. The van der Waals surface area contributed by atoms with Crippen LogP contribution in [0.1, 0.15) is 0 Å². The molecule has 0 unspecified atom stereocenters. The number of hydrogen-bond donors (Lipinski definition) is 2. The number of nitrogens with zero attached hydrogens (tertiary/aromatic N) is 1. The molecule has 0 saturated heterocycles. The summed E-state index contributed by atoms with van der Waals surface area (Å²) in [7, 11) is 1.60. The molecule has 15 heavy (non-hydrogen) atoms. The van der Waals surface area contributed by atoms with Gasteiger partial charge in [-0.3, -0.25) is 0 Å². The van der Waals surface area contributed by atoms with Crippen molar-refractivity contribution in [3.05, 3.63) is 24.3 Å². The maximum absolute atomic E-state index is 8.86. The fourth-order valence-electron chi connectivity index (χ4n) is 1.32. The van der Waals surface area contributed by atoms with Crippen molar-refractivity contribution in [2.24, 2.45) is 0 Å². The predicted molar refractivity (Wildman–Crippen MR) is 58.2 cm³/mol. The molecule has 1 aromatic rings. The quantitative estimate of drug-likeness (QED) is 0.708. The second kappa shape index (κ2) is 6.27. The van der Waals surface area contributed by atoms with Crippen LogP contribution in [0.5, 0.6) is 5.75 Å². The van der Waals surface area contributed by atoms with Gasteiger partial charge in [0.2, 0.25) is 0 Å². The van der Waals surface area contributed by atoms with Crippen molar-refractivity contribution in [3.63, 3.8) is 0 Å². The van der Waals surface area contributed by atoms with Crippen LogP contribution < -0.4 is 9.64 Å². The summed E-state index contributed by atoms with van der Waals surface area (Å²) in [4.78, 5) is 1.86. The molecule has 83 valence electrons. The summed E-state index contributed by atoms with van der Waals surface area (Å²) in [5, 5.41) is 17.7. The van der Waals surface area contributed by atoms with Gasteiger partial charge in [0.1, 0.15) is 5.75 Å². The molecule has 0 aliphatic carbocycles. The Labute approximate surface area is 89.7 Å². The lowest BCUT2D eigenvalue weighted by Crippen LogP contribution is -2.29. The van der Waals surface area contributed by atoms with E-state index >= 15 is 0 Å². The van der Waals surface area contributed by atoms with E-state index in [-0.39, 0.29) is 13.2 Å². The van der Waals surface area contributed by atoms with Crippen LogP contribution in [-0.2, 0) is 0 Å². The van der Waals surface area contributed by atoms with Crippen LogP contribution in [0, 0.1) is 6.07 Å². The number of rotatable bonds is 6. The molecule has 0 fully saturated rings. The van der Waals surface area contributed by atoms with Crippen LogP contribution in [-0.4, -0.2) is 43.6 Å². The summed E-state index contributed by atoms with van der Waals surface area (Å²) in [6, 6.07) is 8.45. The Balaban J connectivity index is 2.72. The second-order valence-corrected chi connectivity index (χ2v) is 3.05. The maximum Gasteiger partial charge on any atom is 0.119 e. The van der Waals surface area contributed by atoms with E-state index in [0.29, 0.717) is 13.1 Å². The lowest BCUT2D eigenvalue weighted by atomic mass is 10.2. The van der Waals surface area contributed by atoms with Crippen molar-refractivity contribution < 1.29 is 14.9 Å². The average molecular weight is 210 g/mol. The van der Waals surface area contributed by atoms with Gasteiger partial charge in [0.05, 0.1) is 20.3 Å². The highest BCUT2D eigenvalue weighted by molar-refractivity contribution is 5.47. The van der Waals surface area contributed by atoms with Gasteiger partial charge in [-0.15, -0.1) is 0 Å². The van der Waals surface area contributed by atoms with Crippen molar-refractivity contribution in [2.45, 2.75) is 0 Å². The highest BCUT2D eigenvalue weighted by Crippen LogP contribution is 2.17. The van der Waals surface area contributed by atoms with E-state index in [1.54, 1.807) is 13.2 Å². The summed E-state index contributed by atoms with van der Waals surface area (Å²) in [5.74, 6) is 0.742. The van der Waals surface area contributed by atoms with Crippen molar-refractivity contribution in [2.75, 3.05) is 38.3 Å². The molecule has 1 rings (SSSR count). The first-order valence-corrected chi connectivity index (χ1v) is 4.84. The Morgan fingerprint density at radius 2 is 1.93 bits per heavy atom. The molecule has 1 aromatic carbocycles. The van der Waals surface area contributed by atoms with Crippen molar-refractivity contribution in [1.29, 1.82) is 0 Å². The van der Waals surface area contributed by atoms with Gasteiger partial charge in [-0.1, -0.05) is 0 Å². The number of methoxy groups -OCH3 is 1. The zero-order valence-electron chi connectivity index (χ0n) is 8.81. The SMILES string of the molecule is COc1c[c]c(N(CCO)CCO)cc1. The Hall–Kier alpha value is -1.26. The van der Waals surface area contributed by atoms with Crippen LogP contribution in [0.4, 0.5) is 5.69 Å². The number of aliphatic hydroxyl groups excluding tert-OH is 2. The topological polar surface area (TPSA) is 52.9 Å². The molecule has 0 heterocycles. The van der Waals surface area contributed by atoms with E-state index in [2.05, 4.69) is 6.07 Å². The molecule has 0 aromatic heterocycles. The van der Waals surface area contributed by atoms with Crippen LogP contribution in [0.15, 0.2) is 18.2 Å². The minimum atomic E-state index is 0.0554. The first-order chi connectivity index (χ1) is 7.31. The Bertz CT molecular complexity index is 268. The first kappa shape index (κ1) is 11.8. The summed E-state index contributed by atoms with van der Waals surface area (Å²) < 4.78 is 5.02. The number of aliphatic hydroxyl groups is 2. The maximum atomic E-state index is 8.86. The van der Waals surface area contributed by atoms with Crippen molar-refractivity contribution >= 4 is 5.69 Å². The number of ether oxygens (including phenoxy) is 1. The lowest BCUT2D eigenvalue weighted by molar-refractivity contribution is 0.281. The van der Waals surface area contributed by atoms with E-state index in [9.17, 15) is 0 Å². The second-order valence-electron chi connectivity index (χ2n) is 3.05. The van der Waals surface area contributed by atoms with E-state index < -0.39 is 0 Å². The van der Waals surface area contributed by atoms with Gasteiger partial charge in [-0.05, 0) is 18.2 Å². The molecule has 0 aliphatic heterocycles. The molecule has 4 nitrogen and oxygen atoms in total. The van der Waals surface area contributed by atoms with Crippen LogP contribution in [0.3, 0.4) is 0 Å². The molecule has 2 N–H and O–H groups in total. The third kappa shape index (κ3) is 3.42. The first-order valence-electron chi connectivity index (χ1n) is 4.84. The number of benzene rings is 1. The van der Waals surface area contributed by atoms with Gasteiger partial charge in [0, 0.05) is 24.8 Å². The third-order valence-corrected chi connectivity index (χ3v) is 2.08. The Morgan fingerprint density at radius 3 is 2.33 bits per heavy atom. The van der Waals surface area contributed by atoms with Gasteiger partial charge in [-0.2, -0.15) is 0 Å². The average Bonchev–Trinajstić information content (AvgIpc) is 2.29. The Kier molecular flexibility index (Phi) is 4.93.